The minimum absolute atomic E-state index is 0.214. The summed E-state index contributed by atoms with van der Waals surface area (Å²) in [5.74, 6) is -1.18. The molecule has 6 nitrogen and oxygen atoms in total. The highest BCUT2D eigenvalue weighted by molar-refractivity contribution is 5.80. The number of alkyl halides is 3. The van der Waals surface area contributed by atoms with Gasteiger partial charge in [-0.2, -0.15) is 18.3 Å². The number of halogens is 3. The Balaban J connectivity index is 1.93. The number of hydrogen-bond acceptors (Lipinski definition) is 4. The van der Waals surface area contributed by atoms with Crippen LogP contribution in [0, 0.1) is 12.8 Å². The second-order valence-electron chi connectivity index (χ2n) is 6.23. The summed E-state index contributed by atoms with van der Waals surface area (Å²) < 4.78 is 40.4. The van der Waals surface area contributed by atoms with E-state index >= 15 is 0 Å². The molecular formula is C16H18F3N5O. The van der Waals surface area contributed by atoms with Crippen LogP contribution in [0.3, 0.4) is 0 Å². The number of amides is 1. The SMILES string of the molecule is Cc1c([C@H]2CN(c3ccnc(C(F)(F)F)c3)C[C@@H]2C(N)=O)cnn1C. The summed E-state index contributed by atoms with van der Waals surface area (Å²) in [6.45, 7) is 2.54. The van der Waals surface area contributed by atoms with E-state index in [4.69, 9.17) is 5.73 Å². The molecule has 1 aliphatic rings. The molecule has 0 aromatic carbocycles. The van der Waals surface area contributed by atoms with Crippen molar-refractivity contribution in [3.05, 3.63) is 41.5 Å². The summed E-state index contributed by atoms with van der Waals surface area (Å²) in [6, 6.07) is 2.50. The Bertz CT molecular complexity index is 801. The van der Waals surface area contributed by atoms with Crippen LogP contribution in [0.5, 0.6) is 0 Å². The normalized spacial score (nSPS) is 20.9. The number of nitrogens with two attached hydrogens (primary N) is 1. The lowest BCUT2D eigenvalue weighted by Crippen LogP contribution is -2.29. The predicted molar refractivity (Wildman–Crippen MR) is 84.8 cm³/mol. The van der Waals surface area contributed by atoms with Crippen molar-refractivity contribution >= 4 is 11.6 Å². The fourth-order valence-corrected chi connectivity index (χ4v) is 3.27. The van der Waals surface area contributed by atoms with Gasteiger partial charge in [-0.05, 0) is 24.6 Å². The Morgan fingerprint density at radius 2 is 2.08 bits per heavy atom. The molecule has 25 heavy (non-hydrogen) atoms. The molecule has 0 saturated carbocycles. The summed E-state index contributed by atoms with van der Waals surface area (Å²) >= 11 is 0. The van der Waals surface area contributed by atoms with Crippen molar-refractivity contribution < 1.29 is 18.0 Å². The van der Waals surface area contributed by atoms with Gasteiger partial charge in [0.15, 0.2) is 0 Å². The first-order valence-electron chi connectivity index (χ1n) is 7.74. The van der Waals surface area contributed by atoms with Gasteiger partial charge >= 0.3 is 6.18 Å². The third kappa shape index (κ3) is 3.18. The van der Waals surface area contributed by atoms with Crippen LogP contribution in [0.25, 0.3) is 0 Å². The highest BCUT2D eigenvalue weighted by Gasteiger charge is 2.40. The number of hydrogen-bond donors (Lipinski definition) is 1. The van der Waals surface area contributed by atoms with Gasteiger partial charge in [-0.3, -0.25) is 14.5 Å². The van der Waals surface area contributed by atoms with Gasteiger partial charge in [0.1, 0.15) is 5.69 Å². The van der Waals surface area contributed by atoms with Gasteiger partial charge < -0.3 is 10.6 Å². The number of nitrogens with zero attached hydrogens (tertiary/aromatic N) is 4. The first-order valence-corrected chi connectivity index (χ1v) is 7.74. The first kappa shape index (κ1) is 17.2. The number of aromatic nitrogens is 3. The molecule has 134 valence electrons. The summed E-state index contributed by atoms with van der Waals surface area (Å²) in [4.78, 5) is 17.0. The van der Waals surface area contributed by atoms with E-state index < -0.39 is 23.7 Å². The molecule has 3 rings (SSSR count). The van der Waals surface area contributed by atoms with E-state index in [-0.39, 0.29) is 12.5 Å². The minimum Gasteiger partial charge on any atom is -0.370 e. The molecule has 2 aromatic rings. The van der Waals surface area contributed by atoms with Crippen LogP contribution >= 0.6 is 0 Å². The number of anilines is 1. The van der Waals surface area contributed by atoms with Crippen LogP contribution < -0.4 is 10.6 Å². The molecule has 1 aliphatic heterocycles. The lowest BCUT2D eigenvalue weighted by atomic mass is 9.89. The first-order chi connectivity index (χ1) is 11.7. The van der Waals surface area contributed by atoms with Crippen LogP contribution in [0.1, 0.15) is 22.9 Å². The molecule has 0 bridgehead atoms. The Kier molecular flexibility index (Phi) is 4.18. The maximum Gasteiger partial charge on any atom is 0.433 e. The second-order valence-corrected chi connectivity index (χ2v) is 6.23. The Morgan fingerprint density at radius 3 is 2.64 bits per heavy atom. The van der Waals surface area contributed by atoms with E-state index in [1.807, 2.05) is 6.92 Å². The fourth-order valence-electron chi connectivity index (χ4n) is 3.27. The van der Waals surface area contributed by atoms with Gasteiger partial charge in [-0.15, -0.1) is 0 Å². The smallest absolute Gasteiger partial charge is 0.370 e. The van der Waals surface area contributed by atoms with Gasteiger partial charge in [0, 0.05) is 43.6 Å². The number of aryl methyl sites for hydroxylation is 1. The second kappa shape index (κ2) is 6.05. The zero-order valence-corrected chi connectivity index (χ0v) is 13.8. The van der Waals surface area contributed by atoms with Crippen LogP contribution in [-0.4, -0.2) is 33.8 Å². The number of carbonyl (C=O) groups is 1. The maximum atomic E-state index is 12.9. The van der Waals surface area contributed by atoms with Gasteiger partial charge in [-0.25, -0.2) is 0 Å². The Hall–Kier alpha value is -2.58. The number of primary amides is 1. The Labute approximate surface area is 142 Å². The van der Waals surface area contributed by atoms with E-state index in [0.29, 0.717) is 12.2 Å². The molecule has 3 heterocycles. The van der Waals surface area contributed by atoms with Gasteiger partial charge in [0.25, 0.3) is 0 Å². The quantitative estimate of drug-likeness (QED) is 0.914. The zero-order chi connectivity index (χ0) is 18.4. The molecule has 2 atom stereocenters. The fraction of sp³-hybridized carbons (Fsp3) is 0.438. The minimum atomic E-state index is -4.52. The zero-order valence-electron chi connectivity index (χ0n) is 13.8. The van der Waals surface area contributed by atoms with Crippen LogP contribution in [0.2, 0.25) is 0 Å². The van der Waals surface area contributed by atoms with Crippen molar-refractivity contribution in [2.24, 2.45) is 18.7 Å². The predicted octanol–water partition coefficient (Wildman–Crippen LogP) is 1.85. The third-order valence-electron chi connectivity index (χ3n) is 4.76. The molecule has 1 amide bonds. The van der Waals surface area contributed by atoms with Crippen molar-refractivity contribution in [1.82, 2.24) is 14.8 Å². The standard InChI is InChI=1S/C16H18F3N5O/c1-9-11(6-22-23(9)2)12-7-24(8-13(12)15(20)25)10-3-4-21-14(5-10)16(17,18)19/h3-6,12-13H,7-8H2,1-2H3,(H2,20,25)/t12-,13+/m1/s1. The lowest BCUT2D eigenvalue weighted by Gasteiger charge is -2.19. The Morgan fingerprint density at radius 1 is 1.36 bits per heavy atom. The van der Waals surface area contributed by atoms with Crippen molar-refractivity contribution in [2.75, 3.05) is 18.0 Å². The van der Waals surface area contributed by atoms with Gasteiger partial charge in [-0.1, -0.05) is 0 Å². The number of rotatable bonds is 3. The highest BCUT2D eigenvalue weighted by Crippen LogP contribution is 2.37. The molecule has 0 aliphatic carbocycles. The molecular weight excluding hydrogens is 335 g/mol. The molecule has 9 heteroatoms. The van der Waals surface area contributed by atoms with Crippen molar-refractivity contribution in [3.63, 3.8) is 0 Å². The lowest BCUT2D eigenvalue weighted by molar-refractivity contribution is -0.141. The molecule has 0 spiro atoms. The largest absolute Gasteiger partial charge is 0.433 e. The molecule has 2 aromatic heterocycles. The topological polar surface area (TPSA) is 77.0 Å². The van der Waals surface area contributed by atoms with E-state index in [9.17, 15) is 18.0 Å². The highest BCUT2D eigenvalue weighted by atomic mass is 19.4. The average molecular weight is 353 g/mol. The molecule has 0 radical (unpaired) electrons. The molecule has 1 saturated heterocycles. The monoisotopic (exact) mass is 353 g/mol. The van der Waals surface area contributed by atoms with Crippen molar-refractivity contribution in [2.45, 2.75) is 19.0 Å². The van der Waals surface area contributed by atoms with E-state index in [0.717, 1.165) is 23.5 Å². The molecule has 0 unspecified atom stereocenters. The van der Waals surface area contributed by atoms with Crippen LogP contribution in [0.15, 0.2) is 24.5 Å². The third-order valence-corrected chi connectivity index (χ3v) is 4.76. The molecule has 2 N–H and O–H groups in total. The average Bonchev–Trinajstić information content (AvgIpc) is 3.12. The summed E-state index contributed by atoms with van der Waals surface area (Å²) in [5.41, 5.74) is 6.75. The van der Waals surface area contributed by atoms with Crippen molar-refractivity contribution in [3.8, 4) is 0 Å². The number of carbonyl (C=O) groups excluding carboxylic acids is 1. The summed E-state index contributed by atoms with van der Waals surface area (Å²) in [5, 5.41) is 4.19. The van der Waals surface area contributed by atoms with E-state index in [1.165, 1.54) is 6.07 Å². The van der Waals surface area contributed by atoms with Crippen LogP contribution in [0.4, 0.5) is 18.9 Å². The summed E-state index contributed by atoms with van der Waals surface area (Å²) in [7, 11) is 1.79. The van der Waals surface area contributed by atoms with Gasteiger partial charge in [0.2, 0.25) is 5.91 Å². The van der Waals surface area contributed by atoms with Crippen LogP contribution in [-0.2, 0) is 18.0 Å². The van der Waals surface area contributed by atoms with Gasteiger partial charge in [0.05, 0.1) is 12.1 Å². The number of pyridine rings is 1. The maximum absolute atomic E-state index is 12.9. The van der Waals surface area contributed by atoms with Crippen molar-refractivity contribution in [1.29, 1.82) is 0 Å². The summed E-state index contributed by atoms with van der Waals surface area (Å²) in [6.07, 6.45) is -1.70. The van der Waals surface area contributed by atoms with E-state index in [1.54, 1.807) is 22.8 Å². The van der Waals surface area contributed by atoms with E-state index in [2.05, 4.69) is 10.1 Å². The molecule has 1 fully saturated rings.